The monoisotopic (exact) mass is 556 g/mol. The molecule has 0 aromatic heterocycles. The van der Waals surface area contributed by atoms with Gasteiger partial charge in [-0.3, -0.25) is 4.79 Å². The molecule has 3 fully saturated rings. The van der Waals surface area contributed by atoms with Crippen molar-refractivity contribution in [1.29, 1.82) is 0 Å². The van der Waals surface area contributed by atoms with E-state index in [2.05, 4.69) is 19.2 Å². The number of carbonyl (C=O) groups excluding carboxylic acids is 1. The van der Waals surface area contributed by atoms with E-state index in [1.54, 1.807) is 7.11 Å². The predicted octanol–water partition coefficient (Wildman–Crippen LogP) is 2.12. The summed E-state index contributed by atoms with van der Waals surface area (Å²) in [5, 5.41) is 45.6. The smallest absolute Gasteiger partial charge is 0.138 e. The third kappa shape index (κ3) is 10.3. The lowest BCUT2D eigenvalue weighted by molar-refractivity contribution is -0.135. The SMILES string of the molecule is COC1CC(CCC(O)C(CC2CCNC(N)C2)C(=O)CCC2CC(O)C(O)C(OCC(C)C)C2)CCC1O. The highest BCUT2D eigenvalue weighted by Crippen LogP contribution is 2.35. The lowest BCUT2D eigenvalue weighted by atomic mass is 9.76. The highest BCUT2D eigenvalue weighted by atomic mass is 16.5. The molecule has 1 aliphatic heterocycles. The summed E-state index contributed by atoms with van der Waals surface area (Å²) in [5.41, 5.74) is 6.14. The van der Waals surface area contributed by atoms with Crippen LogP contribution in [0.15, 0.2) is 0 Å². The van der Waals surface area contributed by atoms with Gasteiger partial charge >= 0.3 is 0 Å². The minimum atomic E-state index is -0.895. The zero-order valence-corrected chi connectivity index (χ0v) is 24.4. The summed E-state index contributed by atoms with van der Waals surface area (Å²) >= 11 is 0. The number of carbonyl (C=O) groups is 1. The van der Waals surface area contributed by atoms with E-state index in [1.165, 1.54) is 0 Å². The first-order valence-electron chi connectivity index (χ1n) is 15.5. The Kier molecular flexibility index (Phi) is 13.6. The van der Waals surface area contributed by atoms with Crippen LogP contribution in [-0.2, 0) is 14.3 Å². The number of nitrogens with one attached hydrogen (secondary N) is 1. The fraction of sp³-hybridized carbons (Fsp3) is 0.967. The Morgan fingerprint density at radius 2 is 1.69 bits per heavy atom. The molecule has 39 heavy (non-hydrogen) atoms. The number of aliphatic hydroxyl groups excluding tert-OH is 4. The van der Waals surface area contributed by atoms with Crippen LogP contribution < -0.4 is 11.1 Å². The Balaban J connectivity index is 1.57. The van der Waals surface area contributed by atoms with Crippen LogP contribution in [0.4, 0.5) is 0 Å². The second-order valence-electron chi connectivity index (χ2n) is 13.1. The molecule has 1 saturated heterocycles. The molecule has 1 heterocycles. The van der Waals surface area contributed by atoms with Gasteiger partial charge in [-0.2, -0.15) is 0 Å². The molecule has 0 aromatic rings. The number of aliphatic hydroxyl groups is 4. The molecular formula is C30H56N2O7. The number of ketones is 1. The first-order valence-corrected chi connectivity index (χ1v) is 15.5. The standard InChI is InChI=1S/C30H56N2O7/c1-18(2)17-39-28-15-20(13-26(36)30(28)37)6-8-24(34)22(12-21-10-11-32-29(31)16-21)23(33)7-4-19-5-9-25(35)27(14-19)38-3/h18-23,25-30,32-33,35-37H,4-17,31H2,1-3H3. The third-order valence-corrected chi connectivity index (χ3v) is 9.41. The number of Topliss-reactive ketones (excluding diaryl/α,β-unsaturated/α-hetero) is 1. The van der Waals surface area contributed by atoms with Crippen molar-refractivity contribution in [3.8, 4) is 0 Å². The van der Waals surface area contributed by atoms with Gasteiger partial charge in [-0.1, -0.05) is 13.8 Å². The quantitative estimate of drug-likeness (QED) is 0.189. The van der Waals surface area contributed by atoms with Gasteiger partial charge in [-0.15, -0.1) is 0 Å². The fourth-order valence-electron chi connectivity index (χ4n) is 6.97. The van der Waals surface area contributed by atoms with E-state index in [0.29, 0.717) is 69.3 Å². The largest absolute Gasteiger partial charge is 0.392 e. The van der Waals surface area contributed by atoms with Crippen molar-refractivity contribution in [1.82, 2.24) is 5.32 Å². The summed E-state index contributed by atoms with van der Waals surface area (Å²) in [6.45, 7) is 5.45. The normalized spacial score (nSPS) is 37.5. The molecule has 0 radical (unpaired) electrons. The van der Waals surface area contributed by atoms with E-state index >= 15 is 0 Å². The van der Waals surface area contributed by atoms with Gasteiger partial charge in [0.15, 0.2) is 0 Å². The summed E-state index contributed by atoms with van der Waals surface area (Å²) < 4.78 is 11.3. The number of ether oxygens (including phenoxy) is 2. The maximum Gasteiger partial charge on any atom is 0.138 e. The van der Waals surface area contributed by atoms with Gasteiger partial charge in [-0.05, 0) is 101 Å². The van der Waals surface area contributed by atoms with Gasteiger partial charge in [0.2, 0.25) is 0 Å². The maximum absolute atomic E-state index is 13.6. The van der Waals surface area contributed by atoms with E-state index in [-0.39, 0.29) is 24.0 Å². The summed E-state index contributed by atoms with van der Waals surface area (Å²) in [6.07, 6.45) is 4.68. The molecule has 0 aromatic carbocycles. The first kappa shape index (κ1) is 32.9. The van der Waals surface area contributed by atoms with E-state index < -0.39 is 36.4 Å². The van der Waals surface area contributed by atoms with Crippen LogP contribution in [-0.4, -0.2) is 89.3 Å². The summed E-state index contributed by atoms with van der Waals surface area (Å²) in [7, 11) is 1.63. The Hall–Kier alpha value is -0.650. The minimum Gasteiger partial charge on any atom is -0.392 e. The van der Waals surface area contributed by atoms with Crippen molar-refractivity contribution >= 4 is 5.78 Å². The summed E-state index contributed by atoms with van der Waals surface area (Å²) in [4.78, 5) is 13.6. The van der Waals surface area contributed by atoms with Gasteiger partial charge in [0, 0.05) is 26.1 Å². The molecular weight excluding hydrogens is 500 g/mol. The molecule has 11 unspecified atom stereocenters. The molecule has 0 amide bonds. The van der Waals surface area contributed by atoms with E-state index in [9.17, 15) is 25.2 Å². The molecule has 228 valence electrons. The highest BCUT2D eigenvalue weighted by molar-refractivity contribution is 5.81. The van der Waals surface area contributed by atoms with Crippen molar-refractivity contribution in [2.45, 2.75) is 134 Å². The maximum atomic E-state index is 13.6. The number of methoxy groups -OCH3 is 1. The molecule has 7 N–H and O–H groups in total. The average Bonchev–Trinajstić information content (AvgIpc) is 2.90. The van der Waals surface area contributed by atoms with Crippen molar-refractivity contribution in [3.63, 3.8) is 0 Å². The van der Waals surface area contributed by atoms with Crippen LogP contribution in [0.25, 0.3) is 0 Å². The van der Waals surface area contributed by atoms with Crippen LogP contribution in [0.5, 0.6) is 0 Å². The number of nitrogens with two attached hydrogens (primary N) is 1. The molecule has 9 nitrogen and oxygen atoms in total. The lowest BCUT2D eigenvalue weighted by Gasteiger charge is -2.37. The van der Waals surface area contributed by atoms with Crippen LogP contribution in [0.3, 0.4) is 0 Å². The number of rotatable bonds is 14. The molecule has 2 saturated carbocycles. The zero-order valence-electron chi connectivity index (χ0n) is 24.4. The molecule has 2 aliphatic carbocycles. The van der Waals surface area contributed by atoms with Crippen LogP contribution in [0.2, 0.25) is 0 Å². The molecule has 3 aliphatic rings. The number of hydrogen-bond donors (Lipinski definition) is 6. The van der Waals surface area contributed by atoms with Gasteiger partial charge in [-0.25, -0.2) is 0 Å². The van der Waals surface area contributed by atoms with Crippen molar-refractivity contribution in [2.24, 2.45) is 35.3 Å². The average molecular weight is 557 g/mol. The lowest BCUT2D eigenvalue weighted by Crippen LogP contribution is -2.46. The Morgan fingerprint density at radius 3 is 2.38 bits per heavy atom. The van der Waals surface area contributed by atoms with Crippen LogP contribution in [0.1, 0.15) is 90.9 Å². The van der Waals surface area contributed by atoms with Crippen LogP contribution in [0, 0.1) is 29.6 Å². The Morgan fingerprint density at radius 1 is 0.949 bits per heavy atom. The third-order valence-electron chi connectivity index (χ3n) is 9.41. The van der Waals surface area contributed by atoms with E-state index in [4.69, 9.17) is 15.2 Å². The van der Waals surface area contributed by atoms with Gasteiger partial charge in [0.25, 0.3) is 0 Å². The second kappa shape index (κ2) is 16.1. The van der Waals surface area contributed by atoms with Crippen LogP contribution >= 0.6 is 0 Å². The second-order valence-corrected chi connectivity index (χ2v) is 13.1. The van der Waals surface area contributed by atoms with E-state index in [0.717, 1.165) is 38.6 Å². The first-order chi connectivity index (χ1) is 18.6. The Bertz CT molecular complexity index is 725. The summed E-state index contributed by atoms with van der Waals surface area (Å²) in [6, 6.07) is 0. The highest BCUT2D eigenvalue weighted by Gasteiger charge is 2.38. The van der Waals surface area contributed by atoms with Crippen molar-refractivity contribution in [3.05, 3.63) is 0 Å². The predicted molar refractivity (Wildman–Crippen MR) is 150 cm³/mol. The topological polar surface area (TPSA) is 154 Å². The molecule has 11 atom stereocenters. The van der Waals surface area contributed by atoms with Gasteiger partial charge < -0.3 is 41.0 Å². The van der Waals surface area contributed by atoms with Crippen molar-refractivity contribution in [2.75, 3.05) is 20.3 Å². The van der Waals surface area contributed by atoms with Gasteiger partial charge in [0.1, 0.15) is 11.9 Å². The molecule has 3 rings (SSSR count). The zero-order chi connectivity index (χ0) is 28.5. The molecule has 9 heteroatoms. The fourth-order valence-corrected chi connectivity index (χ4v) is 6.97. The molecule has 0 bridgehead atoms. The van der Waals surface area contributed by atoms with Crippen molar-refractivity contribution < 1.29 is 34.7 Å². The summed E-state index contributed by atoms with van der Waals surface area (Å²) in [5.74, 6) is 0.750. The number of piperidine rings is 1. The number of hydrogen-bond acceptors (Lipinski definition) is 9. The van der Waals surface area contributed by atoms with Gasteiger partial charge in [0.05, 0.1) is 36.7 Å². The van der Waals surface area contributed by atoms with E-state index in [1.807, 2.05) is 0 Å². The Labute approximate surface area is 235 Å². The molecule has 0 spiro atoms. The minimum absolute atomic E-state index is 0.0748.